The van der Waals surface area contributed by atoms with Gasteiger partial charge in [0, 0.05) is 17.5 Å². The summed E-state index contributed by atoms with van der Waals surface area (Å²) in [5, 5.41) is 0. The lowest BCUT2D eigenvalue weighted by Crippen LogP contribution is -2.08. The Kier molecular flexibility index (Phi) is 7.59. The summed E-state index contributed by atoms with van der Waals surface area (Å²) in [6.45, 7) is 1.44. The third-order valence-electron chi connectivity index (χ3n) is 4.30. The molecule has 0 amide bonds. The SMILES string of the molecule is CCOc1ccccc1CC(=O)Cc1coc(-c2ccc(OCC)c(OC(F)F)c2)n1. The van der Waals surface area contributed by atoms with Crippen molar-refractivity contribution in [2.75, 3.05) is 13.2 Å². The number of alkyl halides is 2. The minimum Gasteiger partial charge on any atom is -0.494 e. The summed E-state index contributed by atoms with van der Waals surface area (Å²) < 4.78 is 46.3. The predicted octanol–water partition coefficient (Wildman–Crippen LogP) is 5.09. The molecule has 2 aromatic carbocycles. The third kappa shape index (κ3) is 6.04. The van der Waals surface area contributed by atoms with Gasteiger partial charge in [-0.2, -0.15) is 8.78 Å². The summed E-state index contributed by atoms with van der Waals surface area (Å²) >= 11 is 0. The zero-order valence-electron chi connectivity index (χ0n) is 17.3. The molecule has 0 unspecified atom stereocenters. The van der Waals surface area contributed by atoms with E-state index in [0.29, 0.717) is 30.2 Å². The first-order valence-electron chi connectivity index (χ1n) is 9.89. The van der Waals surface area contributed by atoms with Crippen molar-refractivity contribution in [1.82, 2.24) is 4.98 Å². The minimum atomic E-state index is -2.99. The zero-order chi connectivity index (χ0) is 22.2. The summed E-state index contributed by atoms with van der Waals surface area (Å²) in [7, 11) is 0. The van der Waals surface area contributed by atoms with Crippen molar-refractivity contribution in [3.05, 3.63) is 60.0 Å². The average molecular weight is 431 g/mol. The van der Waals surface area contributed by atoms with E-state index in [2.05, 4.69) is 9.72 Å². The van der Waals surface area contributed by atoms with Gasteiger partial charge >= 0.3 is 6.61 Å². The molecule has 0 bridgehead atoms. The van der Waals surface area contributed by atoms with E-state index < -0.39 is 6.61 Å². The van der Waals surface area contributed by atoms with E-state index in [1.807, 2.05) is 31.2 Å². The van der Waals surface area contributed by atoms with Crippen LogP contribution in [0.5, 0.6) is 17.2 Å². The van der Waals surface area contributed by atoms with E-state index in [9.17, 15) is 13.6 Å². The second kappa shape index (κ2) is 10.6. The molecule has 0 fully saturated rings. The van der Waals surface area contributed by atoms with Crippen LogP contribution in [-0.2, 0) is 17.6 Å². The molecule has 164 valence electrons. The number of aromatic nitrogens is 1. The largest absolute Gasteiger partial charge is 0.494 e. The lowest BCUT2D eigenvalue weighted by molar-refractivity contribution is -0.117. The molecule has 1 aromatic heterocycles. The standard InChI is InChI=1S/C23H23F2NO5/c1-3-28-19-8-6-5-7-15(19)11-18(27)13-17-14-30-22(26-17)16-9-10-20(29-4-2)21(12-16)31-23(24)25/h5-10,12,14,23H,3-4,11,13H2,1-2H3. The van der Waals surface area contributed by atoms with Crippen LogP contribution in [0.2, 0.25) is 0 Å². The maximum Gasteiger partial charge on any atom is 0.387 e. The maximum absolute atomic E-state index is 12.7. The Morgan fingerprint density at radius 3 is 2.48 bits per heavy atom. The number of halogens is 2. The number of nitrogens with zero attached hydrogens (tertiary/aromatic N) is 1. The van der Waals surface area contributed by atoms with Crippen molar-refractivity contribution >= 4 is 5.78 Å². The summed E-state index contributed by atoms with van der Waals surface area (Å²) in [6, 6.07) is 11.9. The van der Waals surface area contributed by atoms with Crippen LogP contribution in [-0.4, -0.2) is 30.6 Å². The van der Waals surface area contributed by atoms with Crippen LogP contribution in [0.4, 0.5) is 8.78 Å². The number of benzene rings is 2. The predicted molar refractivity (Wildman–Crippen MR) is 110 cm³/mol. The quantitative estimate of drug-likeness (QED) is 0.421. The Balaban J connectivity index is 1.72. The van der Waals surface area contributed by atoms with E-state index in [-0.39, 0.29) is 36.0 Å². The van der Waals surface area contributed by atoms with E-state index in [4.69, 9.17) is 13.9 Å². The number of Topliss-reactive ketones (excluding diaryl/α,β-unsaturated/α-hetero) is 1. The molecule has 0 radical (unpaired) electrons. The van der Waals surface area contributed by atoms with Crippen molar-refractivity contribution in [2.24, 2.45) is 0 Å². The fourth-order valence-corrected chi connectivity index (χ4v) is 3.05. The third-order valence-corrected chi connectivity index (χ3v) is 4.30. The second-order valence-electron chi connectivity index (χ2n) is 6.55. The fourth-order valence-electron chi connectivity index (χ4n) is 3.05. The highest BCUT2D eigenvalue weighted by atomic mass is 19.3. The van der Waals surface area contributed by atoms with Crippen molar-refractivity contribution in [3.63, 3.8) is 0 Å². The maximum atomic E-state index is 12.7. The number of hydrogen-bond acceptors (Lipinski definition) is 6. The lowest BCUT2D eigenvalue weighted by atomic mass is 10.1. The van der Waals surface area contributed by atoms with E-state index in [1.165, 1.54) is 18.4 Å². The summed E-state index contributed by atoms with van der Waals surface area (Å²) in [5.41, 5.74) is 1.68. The Morgan fingerprint density at radius 2 is 1.74 bits per heavy atom. The van der Waals surface area contributed by atoms with Gasteiger partial charge in [-0.05, 0) is 38.1 Å². The zero-order valence-corrected chi connectivity index (χ0v) is 17.3. The van der Waals surface area contributed by atoms with Crippen LogP contribution in [0.1, 0.15) is 25.1 Å². The Labute approximate surface area is 178 Å². The van der Waals surface area contributed by atoms with Crippen LogP contribution in [0, 0.1) is 0 Å². The molecule has 31 heavy (non-hydrogen) atoms. The number of carbonyl (C=O) groups is 1. The molecule has 0 atom stereocenters. The van der Waals surface area contributed by atoms with Crippen LogP contribution in [0.15, 0.2) is 53.1 Å². The van der Waals surface area contributed by atoms with Gasteiger partial charge in [-0.1, -0.05) is 18.2 Å². The lowest BCUT2D eigenvalue weighted by Gasteiger charge is -2.11. The highest BCUT2D eigenvalue weighted by Gasteiger charge is 2.16. The molecule has 0 aliphatic rings. The summed E-state index contributed by atoms with van der Waals surface area (Å²) in [6.07, 6.45) is 1.65. The van der Waals surface area contributed by atoms with Gasteiger partial charge in [0.1, 0.15) is 17.8 Å². The average Bonchev–Trinajstić information content (AvgIpc) is 3.19. The molecular formula is C23H23F2NO5. The monoisotopic (exact) mass is 431 g/mol. The number of para-hydroxylation sites is 1. The molecule has 0 aliphatic heterocycles. The smallest absolute Gasteiger partial charge is 0.387 e. The van der Waals surface area contributed by atoms with Crippen LogP contribution in [0.3, 0.4) is 0 Å². The molecule has 6 nitrogen and oxygen atoms in total. The highest BCUT2D eigenvalue weighted by Crippen LogP contribution is 2.33. The number of rotatable bonds is 11. The fraction of sp³-hybridized carbons (Fsp3) is 0.304. The topological polar surface area (TPSA) is 70.8 Å². The van der Waals surface area contributed by atoms with Crippen LogP contribution < -0.4 is 14.2 Å². The number of ether oxygens (including phenoxy) is 3. The van der Waals surface area contributed by atoms with Crippen molar-refractivity contribution in [3.8, 4) is 28.7 Å². The van der Waals surface area contributed by atoms with Crippen LogP contribution >= 0.6 is 0 Å². The molecule has 0 spiro atoms. The van der Waals surface area contributed by atoms with Gasteiger partial charge in [0.15, 0.2) is 11.5 Å². The molecule has 8 heteroatoms. The van der Waals surface area contributed by atoms with Gasteiger partial charge in [-0.3, -0.25) is 4.79 Å². The van der Waals surface area contributed by atoms with Gasteiger partial charge in [-0.15, -0.1) is 0 Å². The summed E-state index contributed by atoms with van der Waals surface area (Å²) in [4.78, 5) is 16.8. The van der Waals surface area contributed by atoms with Crippen molar-refractivity contribution in [2.45, 2.75) is 33.3 Å². The first-order valence-corrected chi connectivity index (χ1v) is 9.89. The molecule has 3 aromatic rings. The molecular weight excluding hydrogens is 408 g/mol. The van der Waals surface area contributed by atoms with E-state index >= 15 is 0 Å². The number of oxazole rings is 1. The van der Waals surface area contributed by atoms with Gasteiger partial charge in [0.05, 0.1) is 25.3 Å². The van der Waals surface area contributed by atoms with Gasteiger partial charge in [-0.25, -0.2) is 4.98 Å². The van der Waals surface area contributed by atoms with Crippen molar-refractivity contribution < 1.29 is 32.2 Å². The van der Waals surface area contributed by atoms with Gasteiger partial charge < -0.3 is 18.6 Å². The number of ketones is 1. The summed E-state index contributed by atoms with van der Waals surface area (Å²) in [5.74, 6) is 0.902. The second-order valence-corrected chi connectivity index (χ2v) is 6.55. The van der Waals surface area contributed by atoms with E-state index in [0.717, 1.165) is 5.56 Å². The molecule has 0 aliphatic carbocycles. The number of hydrogen-bond donors (Lipinski definition) is 0. The first-order chi connectivity index (χ1) is 15.0. The highest BCUT2D eigenvalue weighted by molar-refractivity contribution is 5.83. The normalized spacial score (nSPS) is 10.9. The minimum absolute atomic E-state index is 0.0552. The van der Waals surface area contributed by atoms with Crippen LogP contribution in [0.25, 0.3) is 11.5 Å². The molecule has 0 saturated carbocycles. The Bertz CT molecular complexity index is 1020. The Morgan fingerprint density at radius 1 is 1.00 bits per heavy atom. The van der Waals surface area contributed by atoms with Crippen molar-refractivity contribution in [1.29, 1.82) is 0 Å². The van der Waals surface area contributed by atoms with Gasteiger partial charge in [0.2, 0.25) is 5.89 Å². The van der Waals surface area contributed by atoms with E-state index in [1.54, 1.807) is 13.0 Å². The molecule has 0 saturated heterocycles. The number of carbonyl (C=O) groups excluding carboxylic acids is 1. The first kappa shape index (κ1) is 22.3. The van der Waals surface area contributed by atoms with Gasteiger partial charge in [0.25, 0.3) is 0 Å². The molecule has 3 rings (SSSR count). The molecule has 0 N–H and O–H groups in total. The molecule has 1 heterocycles. The Hall–Kier alpha value is -3.42.